The zero-order chi connectivity index (χ0) is 15.5. The van der Waals surface area contributed by atoms with Crippen molar-refractivity contribution in [1.82, 2.24) is 4.90 Å². The third-order valence-corrected chi connectivity index (χ3v) is 4.41. The van der Waals surface area contributed by atoms with Gasteiger partial charge in [0.1, 0.15) is 0 Å². The Morgan fingerprint density at radius 1 is 1.27 bits per heavy atom. The number of Topliss-reactive ketones (excluding diaryl/α,β-unsaturated/α-hetero) is 1. The first-order chi connectivity index (χ1) is 10.7. The second-order valence-corrected chi connectivity index (χ2v) is 5.91. The predicted octanol–water partition coefficient (Wildman–Crippen LogP) is 3.12. The van der Waals surface area contributed by atoms with Gasteiger partial charge in [0.2, 0.25) is 0 Å². The van der Waals surface area contributed by atoms with Crippen LogP contribution in [0, 0.1) is 5.92 Å². The van der Waals surface area contributed by atoms with E-state index in [2.05, 4.69) is 11.8 Å². The smallest absolute Gasteiger partial charge is 0.182 e. The number of methoxy groups -OCH3 is 1. The maximum atomic E-state index is 12.4. The van der Waals surface area contributed by atoms with Crippen LogP contribution in [0.25, 0.3) is 6.08 Å². The van der Waals surface area contributed by atoms with E-state index in [1.807, 2.05) is 24.3 Å². The third-order valence-electron chi connectivity index (χ3n) is 4.41. The highest BCUT2D eigenvalue weighted by molar-refractivity contribution is 6.01. The second kappa shape index (κ2) is 6.42. The van der Waals surface area contributed by atoms with Gasteiger partial charge in [0.05, 0.1) is 19.4 Å². The highest BCUT2D eigenvalue weighted by Crippen LogP contribution is 2.34. The molecule has 3 fully saturated rings. The van der Waals surface area contributed by atoms with E-state index in [1.165, 1.54) is 0 Å². The van der Waals surface area contributed by atoms with Crippen LogP contribution >= 0.6 is 0 Å². The van der Waals surface area contributed by atoms with E-state index in [1.54, 1.807) is 7.11 Å². The number of carbonyl (C=O) groups is 1. The first kappa shape index (κ1) is 14.9. The van der Waals surface area contributed by atoms with Crippen molar-refractivity contribution in [1.29, 1.82) is 0 Å². The molecule has 0 aliphatic carbocycles. The van der Waals surface area contributed by atoms with E-state index in [-0.39, 0.29) is 5.92 Å². The van der Waals surface area contributed by atoms with Crippen molar-refractivity contribution >= 4 is 11.9 Å². The molecular weight excluding hydrogens is 278 g/mol. The number of hydrogen-bond acceptors (Lipinski definition) is 4. The number of fused-ring (bicyclic) bond motifs is 3. The van der Waals surface area contributed by atoms with Crippen molar-refractivity contribution in [3.63, 3.8) is 0 Å². The van der Waals surface area contributed by atoms with Crippen LogP contribution in [0.15, 0.2) is 23.9 Å². The quantitative estimate of drug-likeness (QED) is 0.783. The third kappa shape index (κ3) is 2.82. The number of nitrogens with zero attached hydrogens (tertiary/aromatic N) is 1. The number of rotatable bonds is 5. The number of benzene rings is 1. The van der Waals surface area contributed by atoms with Crippen molar-refractivity contribution in [2.75, 3.05) is 26.8 Å². The number of carbonyl (C=O) groups excluding carboxylic acids is 1. The number of ketones is 1. The minimum atomic E-state index is 0.227. The molecule has 0 radical (unpaired) electrons. The molecule has 0 aromatic heterocycles. The number of allylic oxidation sites excluding steroid dienone is 1. The summed E-state index contributed by atoms with van der Waals surface area (Å²) >= 11 is 0. The summed E-state index contributed by atoms with van der Waals surface area (Å²) in [6, 6.07) is 5.83. The second-order valence-electron chi connectivity index (χ2n) is 5.91. The van der Waals surface area contributed by atoms with E-state index in [0.29, 0.717) is 12.4 Å². The molecule has 1 aromatic carbocycles. The molecule has 0 atom stereocenters. The van der Waals surface area contributed by atoms with Gasteiger partial charge in [0, 0.05) is 19.0 Å². The Hall–Kier alpha value is -1.97. The molecule has 4 heteroatoms. The van der Waals surface area contributed by atoms with E-state index in [9.17, 15) is 4.79 Å². The lowest BCUT2D eigenvalue weighted by atomic mass is 9.84. The van der Waals surface area contributed by atoms with Gasteiger partial charge >= 0.3 is 0 Å². The summed E-state index contributed by atoms with van der Waals surface area (Å²) in [6.07, 6.45) is 4.95. The summed E-state index contributed by atoms with van der Waals surface area (Å²) < 4.78 is 11.1. The summed E-state index contributed by atoms with van der Waals surface area (Å²) in [7, 11) is 1.64. The average Bonchev–Trinajstić information content (AvgIpc) is 2.56. The van der Waals surface area contributed by atoms with Crippen LogP contribution in [0.2, 0.25) is 0 Å². The van der Waals surface area contributed by atoms with E-state index < -0.39 is 0 Å². The van der Waals surface area contributed by atoms with Crippen LogP contribution in [0.5, 0.6) is 11.5 Å². The Kier molecular flexibility index (Phi) is 4.36. The lowest BCUT2D eigenvalue weighted by molar-refractivity contribution is -0.125. The maximum absolute atomic E-state index is 12.4. The predicted molar refractivity (Wildman–Crippen MR) is 86.1 cm³/mol. The average molecular weight is 301 g/mol. The standard InChI is InChI=1S/C18H23NO3/c1-3-10-22-17-12-13(4-5-16(17)21-2)11-15-18(20)14-6-8-19(15)9-7-14/h4-5,11-12,14H,3,6-10H2,1-2H3/b15-11-. The Morgan fingerprint density at radius 3 is 2.68 bits per heavy atom. The monoisotopic (exact) mass is 301 g/mol. The van der Waals surface area contributed by atoms with E-state index in [0.717, 1.165) is 55.1 Å². The lowest BCUT2D eigenvalue weighted by Gasteiger charge is -2.41. The van der Waals surface area contributed by atoms with Crippen LogP contribution in [0.4, 0.5) is 0 Å². The first-order valence-corrected chi connectivity index (χ1v) is 8.04. The topological polar surface area (TPSA) is 38.8 Å². The van der Waals surface area contributed by atoms with Crippen molar-refractivity contribution in [3.8, 4) is 11.5 Å². The molecule has 1 aromatic rings. The Labute approximate surface area is 131 Å². The molecule has 0 unspecified atom stereocenters. The number of piperidine rings is 3. The molecule has 3 saturated heterocycles. The van der Waals surface area contributed by atoms with Crippen LogP contribution in [0.1, 0.15) is 31.7 Å². The van der Waals surface area contributed by atoms with Gasteiger partial charge in [-0.25, -0.2) is 0 Å². The normalized spacial score (nSPS) is 19.8. The first-order valence-electron chi connectivity index (χ1n) is 8.04. The van der Waals surface area contributed by atoms with Gasteiger partial charge < -0.3 is 14.4 Å². The van der Waals surface area contributed by atoms with Gasteiger partial charge in [-0.1, -0.05) is 13.0 Å². The van der Waals surface area contributed by atoms with Crippen molar-refractivity contribution in [3.05, 3.63) is 29.5 Å². The largest absolute Gasteiger partial charge is 0.493 e. The van der Waals surface area contributed by atoms with Crippen molar-refractivity contribution in [2.45, 2.75) is 26.2 Å². The zero-order valence-corrected chi connectivity index (χ0v) is 13.3. The van der Waals surface area contributed by atoms with Gasteiger partial charge in [-0.2, -0.15) is 0 Å². The highest BCUT2D eigenvalue weighted by Gasteiger charge is 2.36. The summed E-state index contributed by atoms with van der Waals surface area (Å²) in [6.45, 7) is 4.72. The summed E-state index contributed by atoms with van der Waals surface area (Å²) in [4.78, 5) is 14.6. The van der Waals surface area contributed by atoms with Crippen molar-refractivity contribution in [2.24, 2.45) is 5.92 Å². The molecule has 2 bridgehead atoms. The zero-order valence-electron chi connectivity index (χ0n) is 13.3. The molecule has 118 valence electrons. The molecule has 4 nitrogen and oxygen atoms in total. The van der Waals surface area contributed by atoms with Crippen LogP contribution in [-0.2, 0) is 4.79 Å². The van der Waals surface area contributed by atoms with Gasteiger partial charge in [-0.3, -0.25) is 4.79 Å². The van der Waals surface area contributed by atoms with Gasteiger partial charge in [-0.15, -0.1) is 0 Å². The molecule has 4 rings (SSSR count). The maximum Gasteiger partial charge on any atom is 0.182 e. The van der Waals surface area contributed by atoms with E-state index >= 15 is 0 Å². The molecule has 3 aliphatic rings. The minimum absolute atomic E-state index is 0.227. The fourth-order valence-corrected chi connectivity index (χ4v) is 3.18. The Balaban J connectivity index is 1.88. The number of hydrogen-bond donors (Lipinski definition) is 0. The van der Waals surface area contributed by atoms with Gasteiger partial charge in [0.15, 0.2) is 17.3 Å². The van der Waals surface area contributed by atoms with Crippen molar-refractivity contribution < 1.29 is 14.3 Å². The molecule has 22 heavy (non-hydrogen) atoms. The molecular formula is C18H23NO3. The summed E-state index contributed by atoms with van der Waals surface area (Å²) in [5.74, 6) is 1.99. The molecule has 0 amide bonds. The Morgan fingerprint density at radius 2 is 2.05 bits per heavy atom. The SMILES string of the molecule is CCCOc1cc(/C=C2/C(=O)C3CCN2CC3)ccc1OC. The summed E-state index contributed by atoms with van der Waals surface area (Å²) in [5.41, 5.74) is 1.84. The van der Waals surface area contributed by atoms with Crippen LogP contribution in [0.3, 0.4) is 0 Å². The van der Waals surface area contributed by atoms with Gasteiger partial charge in [-0.05, 0) is 43.0 Å². The lowest BCUT2D eigenvalue weighted by Crippen LogP contribution is -2.45. The summed E-state index contributed by atoms with van der Waals surface area (Å²) in [5, 5.41) is 0. The van der Waals surface area contributed by atoms with Crippen LogP contribution < -0.4 is 9.47 Å². The molecule has 0 N–H and O–H groups in total. The van der Waals surface area contributed by atoms with Gasteiger partial charge in [0.25, 0.3) is 0 Å². The molecule has 3 heterocycles. The van der Waals surface area contributed by atoms with Crippen LogP contribution in [-0.4, -0.2) is 37.5 Å². The number of ether oxygens (including phenoxy) is 2. The fourth-order valence-electron chi connectivity index (χ4n) is 3.18. The molecule has 0 spiro atoms. The Bertz CT molecular complexity index is 586. The highest BCUT2D eigenvalue weighted by atomic mass is 16.5. The molecule has 0 saturated carbocycles. The van der Waals surface area contributed by atoms with E-state index in [4.69, 9.17) is 9.47 Å². The fraction of sp³-hybridized carbons (Fsp3) is 0.500. The molecule has 3 aliphatic heterocycles. The minimum Gasteiger partial charge on any atom is -0.493 e.